The van der Waals surface area contributed by atoms with Gasteiger partial charge in [-0.05, 0) is 60.1 Å². The molecule has 1 aliphatic heterocycles. The van der Waals surface area contributed by atoms with Gasteiger partial charge in [0.25, 0.3) is 5.91 Å². The molecular formula is C26H23F2N3O2S. The lowest BCUT2D eigenvalue weighted by molar-refractivity contribution is -0.131. The van der Waals surface area contributed by atoms with Crippen LogP contribution in [0.5, 0.6) is 0 Å². The van der Waals surface area contributed by atoms with Crippen LogP contribution in [0.4, 0.5) is 14.5 Å². The second-order valence-corrected chi connectivity index (χ2v) is 8.37. The Bertz CT molecular complexity index is 1190. The number of hydrogen-bond donors (Lipinski definition) is 1. The second-order valence-electron chi connectivity index (χ2n) is 8.00. The molecule has 3 aromatic rings. The predicted octanol–water partition coefficient (Wildman–Crippen LogP) is 4.53. The minimum atomic E-state index is -0.816. The van der Waals surface area contributed by atoms with Gasteiger partial charge in [0, 0.05) is 12.2 Å². The summed E-state index contributed by atoms with van der Waals surface area (Å²) in [5, 5.41) is 3.00. The van der Waals surface area contributed by atoms with E-state index in [1.165, 1.54) is 35.2 Å². The molecule has 0 bridgehead atoms. The van der Waals surface area contributed by atoms with Crippen molar-refractivity contribution in [3.05, 3.63) is 102 Å². The minimum absolute atomic E-state index is 0.140. The molecule has 0 radical (unpaired) electrons. The van der Waals surface area contributed by atoms with Crippen LogP contribution in [0.3, 0.4) is 0 Å². The zero-order chi connectivity index (χ0) is 24.1. The maximum Gasteiger partial charge on any atom is 0.252 e. The van der Waals surface area contributed by atoms with Crippen molar-refractivity contribution in [1.29, 1.82) is 0 Å². The molecule has 174 valence electrons. The largest absolute Gasteiger partial charge is 0.336 e. The quantitative estimate of drug-likeness (QED) is 0.483. The Hall–Kier alpha value is -3.65. The normalized spacial score (nSPS) is 15.6. The number of hydrogen-bond acceptors (Lipinski definition) is 3. The highest BCUT2D eigenvalue weighted by Crippen LogP contribution is 2.24. The maximum atomic E-state index is 14.2. The third kappa shape index (κ3) is 5.46. The van der Waals surface area contributed by atoms with Gasteiger partial charge < -0.3 is 10.2 Å². The highest BCUT2D eigenvalue weighted by molar-refractivity contribution is 7.80. The van der Waals surface area contributed by atoms with Crippen molar-refractivity contribution in [2.45, 2.75) is 25.4 Å². The summed E-state index contributed by atoms with van der Waals surface area (Å²) >= 11 is 5.62. The number of rotatable bonds is 8. The lowest BCUT2D eigenvalue weighted by Gasteiger charge is -2.24. The van der Waals surface area contributed by atoms with Crippen LogP contribution in [0.2, 0.25) is 0 Å². The van der Waals surface area contributed by atoms with Crippen LogP contribution in [0, 0.1) is 11.6 Å². The first-order valence-electron chi connectivity index (χ1n) is 10.9. The molecule has 3 aromatic carbocycles. The van der Waals surface area contributed by atoms with Gasteiger partial charge in [-0.1, -0.05) is 48.5 Å². The highest BCUT2D eigenvalue weighted by atomic mass is 32.1. The summed E-state index contributed by atoms with van der Waals surface area (Å²) in [6.45, 7) is 0.566. The Balaban J connectivity index is 1.52. The zero-order valence-electron chi connectivity index (χ0n) is 18.3. The number of benzene rings is 3. The van der Waals surface area contributed by atoms with E-state index in [9.17, 15) is 18.4 Å². The Morgan fingerprint density at radius 3 is 2.32 bits per heavy atom. The van der Waals surface area contributed by atoms with Crippen LogP contribution in [0.25, 0.3) is 0 Å². The molecule has 0 unspecified atom stereocenters. The van der Waals surface area contributed by atoms with Gasteiger partial charge in [-0.15, -0.1) is 0 Å². The lowest BCUT2D eigenvalue weighted by atomic mass is 10.1. The molecule has 1 saturated heterocycles. The predicted molar refractivity (Wildman–Crippen MR) is 130 cm³/mol. The van der Waals surface area contributed by atoms with Gasteiger partial charge in [-0.25, -0.2) is 8.78 Å². The number of amides is 2. The van der Waals surface area contributed by atoms with Gasteiger partial charge >= 0.3 is 0 Å². The Morgan fingerprint density at radius 1 is 0.941 bits per heavy atom. The number of anilines is 1. The summed E-state index contributed by atoms with van der Waals surface area (Å²) in [7, 11) is 0. The van der Waals surface area contributed by atoms with E-state index in [1.807, 2.05) is 30.3 Å². The van der Waals surface area contributed by atoms with E-state index in [-0.39, 0.29) is 31.2 Å². The molecule has 8 heteroatoms. The van der Waals surface area contributed by atoms with Crippen molar-refractivity contribution in [1.82, 2.24) is 9.80 Å². The maximum absolute atomic E-state index is 14.2. The van der Waals surface area contributed by atoms with E-state index in [2.05, 4.69) is 5.32 Å². The van der Waals surface area contributed by atoms with Crippen LogP contribution < -0.4 is 5.32 Å². The minimum Gasteiger partial charge on any atom is -0.336 e. The molecule has 1 fully saturated rings. The van der Waals surface area contributed by atoms with Crippen molar-refractivity contribution < 1.29 is 18.4 Å². The molecule has 0 aromatic heterocycles. The SMILES string of the molecule is O=C(C[C@H]1C(=O)N(Cc2ccccc2)C(=S)N1CCc1ccccc1F)Nc1ccc(F)cc1. The topological polar surface area (TPSA) is 52.7 Å². The molecule has 34 heavy (non-hydrogen) atoms. The average Bonchev–Trinajstić information content (AvgIpc) is 3.04. The lowest BCUT2D eigenvalue weighted by Crippen LogP contribution is -2.39. The molecule has 0 saturated carbocycles. The van der Waals surface area contributed by atoms with Gasteiger partial charge in [0.15, 0.2) is 5.11 Å². The summed E-state index contributed by atoms with van der Waals surface area (Å²) in [6.07, 6.45) is 0.189. The monoisotopic (exact) mass is 479 g/mol. The molecule has 4 rings (SSSR count). The number of carbonyl (C=O) groups is 2. The summed E-state index contributed by atoms with van der Waals surface area (Å²) in [6, 6.07) is 20.5. The molecular weight excluding hydrogens is 456 g/mol. The van der Waals surface area contributed by atoms with Crippen LogP contribution in [0.1, 0.15) is 17.5 Å². The number of thiocarbonyl (C=S) groups is 1. The molecule has 2 amide bonds. The Labute approximate surface area is 202 Å². The Morgan fingerprint density at radius 2 is 1.62 bits per heavy atom. The summed E-state index contributed by atoms with van der Waals surface area (Å²) in [4.78, 5) is 29.3. The molecule has 1 N–H and O–H groups in total. The summed E-state index contributed by atoms with van der Waals surface area (Å²) in [5.74, 6) is -1.42. The first-order valence-corrected chi connectivity index (χ1v) is 11.3. The summed E-state index contributed by atoms with van der Waals surface area (Å²) in [5.41, 5.74) is 1.84. The third-order valence-electron chi connectivity index (χ3n) is 5.67. The zero-order valence-corrected chi connectivity index (χ0v) is 19.1. The van der Waals surface area contributed by atoms with Crippen molar-refractivity contribution in [2.75, 3.05) is 11.9 Å². The standard InChI is InChI=1S/C26H23F2N3O2S/c27-20-10-12-21(13-11-20)29-24(32)16-23-25(33)31(17-18-6-2-1-3-7-18)26(34)30(23)15-14-19-8-4-5-9-22(19)28/h1-13,23H,14-17H2,(H,29,32)/t23-/m0/s1. The van der Waals surface area contributed by atoms with Crippen LogP contribution >= 0.6 is 12.2 Å². The van der Waals surface area contributed by atoms with Crippen molar-refractivity contribution in [2.24, 2.45) is 0 Å². The van der Waals surface area contributed by atoms with Crippen molar-refractivity contribution in [3.8, 4) is 0 Å². The van der Waals surface area contributed by atoms with E-state index in [4.69, 9.17) is 12.2 Å². The molecule has 0 spiro atoms. The smallest absolute Gasteiger partial charge is 0.252 e. The van der Waals surface area contributed by atoms with E-state index in [1.54, 1.807) is 23.1 Å². The van der Waals surface area contributed by atoms with Crippen molar-refractivity contribution in [3.63, 3.8) is 0 Å². The summed E-state index contributed by atoms with van der Waals surface area (Å²) < 4.78 is 27.3. The van der Waals surface area contributed by atoms with Crippen LogP contribution in [0.15, 0.2) is 78.9 Å². The van der Waals surface area contributed by atoms with Crippen molar-refractivity contribution >= 4 is 34.8 Å². The van der Waals surface area contributed by atoms with Gasteiger partial charge in [0.2, 0.25) is 5.91 Å². The first kappa shape index (κ1) is 23.5. The molecule has 0 aliphatic carbocycles. The molecule has 1 aliphatic rings. The highest BCUT2D eigenvalue weighted by Gasteiger charge is 2.43. The number of nitrogens with one attached hydrogen (secondary N) is 1. The molecule has 1 heterocycles. The third-order valence-corrected chi connectivity index (χ3v) is 6.13. The number of halogens is 2. The van der Waals surface area contributed by atoms with Crippen LogP contribution in [-0.4, -0.2) is 39.3 Å². The second kappa shape index (κ2) is 10.5. The van der Waals surface area contributed by atoms with Gasteiger partial charge in [-0.2, -0.15) is 0 Å². The fourth-order valence-corrected chi connectivity index (χ4v) is 4.29. The first-order chi connectivity index (χ1) is 16.4. The van der Waals surface area contributed by atoms with E-state index in [0.717, 1.165) is 5.56 Å². The van der Waals surface area contributed by atoms with Crippen LogP contribution in [-0.2, 0) is 22.6 Å². The van der Waals surface area contributed by atoms with E-state index in [0.29, 0.717) is 22.8 Å². The Kier molecular flexibility index (Phi) is 7.27. The average molecular weight is 480 g/mol. The van der Waals surface area contributed by atoms with E-state index < -0.39 is 17.8 Å². The van der Waals surface area contributed by atoms with Gasteiger partial charge in [-0.3, -0.25) is 14.5 Å². The number of nitrogens with zero attached hydrogens (tertiary/aromatic N) is 2. The van der Waals surface area contributed by atoms with Gasteiger partial charge in [0.05, 0.1) is 13.0 Å². The molecule has 1 atom stereocenters. The fourth-order valence-electron chi connectivity index (χ4n) is 3.92. The van der Waals surface area contributed by atoms with Gasteiger partial charge in [0.1, 0.15) is 17.7 Å². The number of carbonyl (C=O) groups excluding carboxylic acids is 2. The fraction of sp³-hybridized carbons (Fsp3) is 0.192. The van der Waals surface area contributed by atoms with E-state index >= 15 is 0 Å². The molecule has 5 nitrogen and oxygen atoms in total.